The Morgan fingerprint density at radius 2 is 1.83 bits per heavy atom. The zero-order valence-corrected chi connectivity index (χ0v) is 14.5. The van der Waals surface area contributed by atoms with Gasteiger partial charge >= 0.3 is 0 Å². The number of likely N-dealkylation sites (N-methyl/N-ethyl adjacent to an activating group) is 1. The summed E-state index contributed by atoms with van der Waals surface area (Å²) in [7, 11) is 1.82. The van der Waals surface area contributed by atoms with Crippen molar-refractivity contribution in [1.82, 2.24) is 4.90 Å². The second kappa shape index (κ2) is 6.94. The highest BCUT2D eigenvalue weighted by molar-refractivity contribution is 6.30. The van der Waals surface area contributed by atoms with Gasteiger partial charge in [0.2, 0.25) is 5.91 Å². The first-order valence-corrected chi connectivity index (χ1v) is 8.65. The lowest BCUT2D eigenvalue weighted by Crippen LogP contribution is -2.43. The number of amides is 1. The maximum Gasteiger partial charge on any atom is 0.233 e. The average molecular weight is 346 g/mol. The standard InChI is InChI=1S/C20H21ClFNO/c1-23(14-15-7-9-17(21)10-8-15)19(24)20(11-2-3-12-20)16-5-4-6-18(22)13-16/h4-10,13H,2-3,11-12,14H2,1H3. The molecular formula is C20H21ClFNO. The van der Waals surface area contributed by atoms with Gasteiger partial charge in [-0.15, -0.1) is 0 Å². The van der Waals surface area contributed by atoms with E-state index in [-0.39, 0.29) is 11.7 Å². The van der Waals surface area contributed by atoms with Crippen molar-refractivity contribution in [2.75, 3.05) is 7.05 Å². The molecule has 4 heteroatoms. The van der Waals surface area contributed by atoms with Crippen molar-refractivity contribution in [3.05, 3.63) is 70.5 Å². The Morgan fingerprint density at radius 1 is 1.17 bits per heavy atom. The Kier molecular flexibility index (Phi) is 4.91. The first kappa shape index (κ1) is 17.0. The summed E-state index contributed by atoms with van der Waals surface area (Å²) in [5, 5.41) is 0.680. The molecule has 0 unspecified atom stereocenters. The van der Waals surface area contributed by atoms with E-state index in [0.717, 1.165) is 36.8 Å². The maximum absolute atomic E-state index is 13.7. The van der Waals surface area contributed by atoms with Gasteiger partial charge in [-0.05, 0) is 48.2 Å². The van der Waals surface area contributed by atoms with Gasteiger partial charge in [-0.3, -0.25) is 4.79 Å². The van der Waals surface area contributed by atoms with Crippen molar-refractivity contribution in [3.8, 4) is 0 Å². The predicted molar refractivity (Wildman–Crippen MR) is 94.5 cm³/mol. The van der Waals surface area contributed by atoms with Gasteiger partial charge < -0.3 is 4.90 Å². The third-order valence-corrected chi connectivity index (χ3v) is 5.18. The van der Waals surface area contributed by atoms with Crippen LogP contribution in [0.4, 0.5) is 4.39 Å². The fraction of sp³-hybridized carbons (Fsp3) is 0.350. The third-order valence-electron chi connectivity index (χ3n) is 4.92. The quantitative estimate of drug-likeness (QED) is 0.767. The number of rotatable bonds is 4. The number of nitrogens with zero attached hydrogens (tertiary/aromatic N) is 1. The van der Waals surface area contributed by atoms with Crippen molar-refractivity contribution < 1.29 is 9.18 Å². The first-order chi connectivity index (χ1) is 11.5. The van der Waals surface area contributed by atoms with Crippen LogP contribution in [0.2, 0.25) is 5.02 Å². The topological polar surface area (TPSA) is 20.3 Å². The smallest absolute Gasteiger partial charge is 0.233 e. The molecule has 2 aromatic rings. The van der Waals surface area contributed by atoms with E-state index in [1.54, 1.807) is 11.0 Å². The summed E-state index contributed by atoms with van der Waals surface area (Å²) in [6.07, 6.45) is 3.55. The van der Waals surface area contributed by atoms with Gasteiger partial charge in [0.15, 0.2) is 0 Å². The van der Waals surface area contributed by atoms with Gasteiger partial charge in [-0.2, -0.15) is 0 Å². The molecular weight excluding hydrogens is 325 g/mol. The van der Waals surface area contributed by atoms with E-state index in [4.69, 9.17) is 11.6 Å². The highest BCUT2D eigenvalue weighted by atomic mass is 35.5. The fourth-order valence-corrected chi connectivity index (χ4v) is 3.82. The average Bonchev–Trinajstić information content (AvgIpc) is 3.07. The van der Waals surface area contributed by atoms with Crippen molar-refractivity contribution >= 4 is 17.5 Å². The second-order valence-electron chi connectivity index (χ2n) is 6.59. The summed E-state index contributed by atoms with van der Waals surface area (Å²) in [5.74, 6) is -0.215. The highest BCUT2D eigenvalue weighted by Crippen LogP contribution is 2.42. The first-order valence-electron chi connectivity index (χ1n) is 8.27. The monoisotopic (exact) mass is 345 g/mol. The SMILES string of the molecule is CN(Cc1ccc(Cl)cc1)C(=O)C1(c2cccc(F)c2)CCCC1. The van der Waals surface area contributed by atoms with Gasteiger partial charge in [0.1, 0.15) is 5.82 Å². The molecule has 0 N–H and O–H groups in total. The molecule has 2 nitrogen and oxygen atoms in total. The Bertz CT molecular complexity index is 723. The van der Waals surface area contributed by atoms with Gasteiger partial charge in [0, 0.05) is 18.6 Å². The van der Waals surface area contributed by atoms with Crippen LogP contribution in [0.3, 0.4) is 0 Å². The van der Waals surface area contributed by atoms with E-state index >= 15 is 0 Å². The van der Waals surface area contributed by atoms with E-state index in [2.05, 4.69) is 0 Å². The van der Waals surface area contributed by atoms with Crippen LogP contribution in [0.25, 0.3) is 0 Å². The number of halogens is 2. The van der Waals surface area contributed by atoms with E-state index in [1.807, 2.05) is 37.4 Å². The van der Waals surface area contributed by atoms with Gasteiger partial charge in [0.25, 0.3) is 0 Å². The molecule has 0 aliphatic heterocycles. The lowest BCUT2D eigenvalue weighted by molar-refractivity contribution is -0.136. The summed E-state index contributed by atoms with van der Waals surface area (Å²) in [6.45, 7) is 0.521. The van der Waals surface area contributed by atoms with E-state index in [9.17, 15) is 9.18 Å². The Morgan fingerprint density at radius 3 is 2.46 bits per heavy atom. The highest BCUT2D eigenvalue weighted by Gasteiger charge is 2.44. The zero-order chi connectivity index (χ0) is 17.2. The van der Waals surface area contributed by atoms with E-state index < -0.39 is 5.41 Å². The van der Waals surface area contributed by atoms with Crippen LogP contribution in [-0.2, 0) is 16.8 Å². The van der Waals surface area contributed by atoms with E-state index in [1.165, 1.54) is 12.1 Å². The van der Waals surface area contributed by atoms with Crippen LogP contribution in [0.5, 0.6) is 0 Å². The van der Waals surface area contributed by atoms with Crippen molar-refractivity contribution in [1.29, 1.82) is 0 Å². The molecule has 0 radical (unpaired) electrons. The minimum absolute atomic E-state index is 0.0700. The molecule has 0 spiro atoms. The molecule has 24 heavy (non-hydrogen) atoms. The molecule has 3 rings (SSSR count). The van der Waals surface area contributed by atoms with Crippen LogP contribution in [0, 0.1) is 5.82 Å². The molecule has 0 atom stereocenters. The van der Waals surface area contributed by atoms with Crippen molar-refractivity contribution in [2.45, 2.75) is 37.6 Å². The minimum Gasteiger partial charge on any atom is -0.341 e. The number of hydrogen-bond donors (Lipinski definition) is 0. The molecule has 1 aliphatic rings. The molecule has 126 valence electrons. The minimum atomic E-state index is -0.594. The van der Waals surface area contributed by atoms with Crippen LogP contribution < -0.4 is 0 Å². The molecule has 1 saturated carbocycles. The molecule has 0 bridgehead atoms. The normalized spacial score (nSPS) is 16.1. The summed E-state index contributed by atoms with van der Waals surface area (Å²) >= 11 is 5.92. The van der Waals surface area contributed by atoms with Gasteiger partial charge in [0.05, 0.1) is 5.41 Å². The largest absolute Gasteiger partial charge is 0.341 e. The number of carbonyl (C=O) groups is 1. The molecule has 1 fully saturated rings. The molecule has 0 heterocycles. The van der Waals surface area contributed by atoms with Crippen LogP contribution >= 0.6 is 11.6 Å². The second-order valence-corrected chi connectivity index (χ2v) is 7.02. The Hall–Kier alpha value is -1.87. The summed E-state index contributed by atoms with van der Waals surface area (Å²) < 4.78 is 13.7. The van der Waals surface area contributed by atoms with Crippen LogP contribution in [0.1, 0.15) is 36.8 Å². The summed E-state index contributed by atoms with van der Waals surface area (Å²) in [4.78, 5) is 15.0. The molecule has 1 amide bonds. The number of hydrogen-bond acceptors (Lipinski definition) is 1. The molecule has 0 aromatic heterocycles. The molecule has 2 aromatic carbocycles. The third kappa shape index (κ3) is 3.32. The molecule has 1 aliphatic carbocycles. The molecule has 0 saturated heterocycles. The number of benzene rings is 2. The Balaban J connectivity index is 1.85. The van der Waals surface area contributed by atoms with Gasteiger partial charge in [-0.25, -0.2) is 4.39 Å². The van der Waals surface area contributed by atoms with Crippen molar-refractivity contribution in [3.63, 3.8) is 0 Å². The van der Waals surface area contributed by atoms with Crippen LogP contribution in [-0.4, -0.2) is 17.9 Å². The fourth-order valence-electron chi connectivity index (χ4n) is 3.69. The Labute approximate surface area is 147 Å². The predicted octanol–water partition coefficient (Wildman–Crippen LogP) is 4.95. The van der Waals surface area contributed by atoms with Crippen LogP contribution in [0.15, 0.2) is 48.5 Å². The lowest BCUT2D eigenvalue weighted by Gasteiger charge is -2.33. The van der Waals surface area contributed by atoms with Crippen molar-refractivity contribution in [2.24, 2.45) is 0 Å². The lowest BCUT2D eigenvalue weighted by atomic mass is 9.77. The maximum atomic E-state index is 13.7. The summed E-state index contributed by atoms with van der Waals surface area (Å²) in [5.41, 5.74) is 1.24. The zero-order valence-electron chi connectivity index (χ0n) is 13.8. The number of carbonyl (C=O) groups excluding carboxylic acids is 1. The van der Waals surface area contributed by atoms with E-state index in [0.29, 0.717) is 11.6 Å². The van der Waals surface area contributed by atoms with Gasteiger partial charge in [-0.1, -0.05) is 48.7 Å². The summed E-state index contributed by atoms with van der Waals surface area (Å²) in [6, 6.07) is 14.0.